The van der Waals surface area contributed by atoms with Crippen LogP contribution in [0.25, 0.3) is 0 Å². The van der Waals surface area contributed by atoms with Crippen molar-refractivity contribution >= 4 is 27.8 Å². The Hall–Kier alpha value is -2.16. The number of aryl methyl sites for hydroxylation is 1. The lowest BCUT2D eigenvalue weighted by molar-refractivity contribution is -0.124. The Bertz CT molecular complexity index is 741. The molecule has 1 amide bonds. The molecule has 2 aromatic rings. The molecule has 9 heteroatoms. The van der Waals surface area contributed by atoms with Crippen molar-refractivity contribution in [1.29, 1.82) is 0 Å². The number of hydrogen-bond donors (Lipinski definition) is 2. The van der Waals surface area contributed by atoms with Crippen LogP contribution in [0.5, 0.6) is 5.75 Å². The van der Waals surface area contributed by atoms with Gasteiger partial charge < -0.3 is 15.4 Å². The first-order valence-corrected chi connectivity index (χ1v) is 9.30. The van der Waals surface area contributed by atoms with Gasteiger partial charge in [-0.2, -0.15) is 0 Å². The van der Waals surface area contributed by atoms with E-state index in [1.54, 1.807) is 4.68 Å². The van der Waals surface area contributed by atoms with Crippen molar-refractivity contribution in [3.05, 3.63) is 28.2 Å². The number of anilines is 1. The molecule has 0 aliphatic heterocycles. The number of aromatic nitrogens is 4. The highest BCUT2D eigenvalue weighted by molar-refractivity contribution is 9.10. The molecule has 2 N–H and O–H groups in total. The fourth-order valence-corrected chi connectivity index (χ4v) is 2.70. The van der Waals surface area contributed by atoms with E-state index in [9.17, 15) is 4.79 Å². The fraction of sp³-hybridized carbons (Fsp3) is 0.529. The molecule has 0 aliphatic carbocycles. The van der Waals surface area contributed by atoms with Gasteiger partial charge in [0.1, 0.15) is 5.75 Å². The molecule has 26 heavy (non-hydrogen) atoms. The second kappa shape index (κ2) is 8.98. The van der Waals surface area contributed by atoms with E-state index in [1.807, 2.05) is 39.0 Å². The lowest BCUT2D eigenvalue weighted by Crippen LogP contribution is -2.43. The van der Waals surface area contributed by atoms with Crippen LogP contribution in [0.1, 0.15) is 39.7 Å². The fourth-order valence-electron chi connectivity index (χ4n) is 2.29. The molecule has 0 saturated carbocycles. The predicted octanol–water partition coefficient (Wildman–Crippen LogP) is 2.75. The summed E-state index contributed by atoms with van der Waals surface area (Å²) in [6.07, 6.45) is 0.938. The van der Waals surface area contributed by atoms with Crippen LogP contribution in [0.3, 0.4) is 0 Å². The van der Waals surface area contributed by atoms with Crippen molar-refractivity contribution in [2.45, 2.75) is 52.7 Å². The molecule has 0 fully saturated rings. The number of ether oxygens (including phenoxy) is 1. The van der Waals surface area contributed by atoms with Crippen molar-refractivity contribution in [3.8, 4) is 5.75 Å². The lowest BCUT2D eigenvalue weighted by atomic mass is 10.1. The van der Waals surface area contributed by atoms with Crippen LogP contribution in [0, 0.1) is 0 Å². The molecular formula is C17H25BrN6O2. The SMILES string of the molecule is CCCn1nnnc1NCc1cc(Br)ccc1OCC(=O)NC(C)(C)C. The van der Waals surface area contributed by atoms with Crippen LogP contribution in [-0.2, 0) is 17.9 Å². The normalized spacial score (nSPS) is 11.3. The van der Waals surface area contributed by atoms with Crippen molar-refractivity contribution in [3.63, 3.8) is 0 Å². The third kappa shape index (κ3) is 6.29. The second-order valence-corrected chi connectivity index (χ2v) is 7.83. The van der Waals surface area contributed by atoms with Gasteiger partial charge in [-0.1, -0.05) is 28.0 Å². The zero-order valence-corrected chi connectivity index (χ0v) is 17.1. The van der Waals surface area contributed by atoms with E-state index < -0.39 is 0 Å². The first-order valence-electron chi connectivity index (χ1n) is 8.51. The number of nitrogens with one attached hydrogen (secondary N) is 2. The molecule has 1 aromatic heterocycles. The first kappa shape index (κ1) is 20.2. The van der Waals surface area contributed by atoms with E-state index in [0.29, 0.717) is 18.2 Å². The van der Waals surface area contributed by atoms with Crippen LogP contribution in [-0.4, -0.2) is 38.3 Å². The van der Waals surface area contributed by atoms with E-state index in [2.05, 4.69) is 49.0 Å². The maximum absolute atomic E-state index is 12.0. The van der Waals surface area contributed by atoms with Crippen LogP contribution in [0.4, 0.5) is 5.95 Å². The van der Waals surface area contributed by atoms with Gasteiger partial charge in [0.15, 0.2) is 6.61 Å². The predicted molar refractivity (Wildman–Crippen MR) is 103 cm³/mol. The molecule has 1 aromatic carbocycles. The van der Waals surface area contributed by atoms with E-state index in [0.717, 1.165) is 23.0 Å². The largest absolute Gasteiger partial charge is 0.483 e. The number of carbonyl (C=O) groups is 1. The van der Waals surface area contributed by atoms with Crippen molar-refractivity contribution in [1.82, 2.24) is 25.5 Å². The van der Waals surface area contributed by atoms with Gasteiger partial charge in [-0.05, 0) is 55.8 Å². The minimum absolute atomic E-state index is 0.0422. The van der Waals surface area contributed by atoms with Gasteiger partial charge in [0.2, 0.25) is 5.95 Å². The summed E-state index contributed by atoms with van der Waals surface area (Å²) in [5.74, 6) is 1.08. The molecule has 0 radical (unpaired) electrons. The molecule has 0 saturated heterocycles. The van der Waals surface area contributed by atoms with Crippen molar-refractivity contribution in [2.24, 2.45) is 0 Å². The molecule has 8 nitrogen and oxygen atoms in total. The second-order valence-electron chi connectivity index (χ2n) is 6.92. The molecule has 142 valence electrons. The molecule has 0 unspecified atom stereocenters. The van der Waals surface area contributed by atoms with E-state index >= 15 is 0 Å². The highest BCUT2D eigenvalue weighted by Gasteiger charge is 2.15. The summed E-state index contributed by atoms with van der Waals surface area (Å²) >= 11 is 3.47. The summed E-state index contributed by atoms with van der Waals surface area (Å²) in [5.41, 5.74) is 0.606. The molecule has 0 spiro atoms. The van der Waals surface area contributed by atoms with Gasteiger partial charge in [-0.25, -0.2) is 4.68 Å². The van der Waals surface area contributed by atoms with Gasteiger partial charge in [0.25, 0.3) is 5.91 Å². The van der Waals surface area contributed by atoms with Gasteiger partial charge in [0, 0.05) is 28.7 Å². The highest BCUT2D eigenvalue weighted by Crippen LogP contribution is 2.24. The summed E-state index contributed by atoms with van der Waals surface area (Å²) in [4.78, 5) is 12.0. The number of nitrogens with zero attached hydrogens (tertiary/aromatic N) is 4. The average Bonchev–Trinajstić information content (AvgIpc) is 2.98. The monoisotopic (exact) mass is 424 g/mol. The Labute approximate surface area is 161 Å². The summed E-state index contributed by atoms with van der Waals surface area (Å²) in [6.45, 7) is 9.03. The van der Waals surface area contributed by atoms with Gasteiger partial charge in [0.05, 0.1) is 0 Å². The number of carbonyl (C=O) groups excluding carboxylic acids is 1. The van der Waals surface area contributed by atoms with Crippen LogP contribution < -0.4 is 15.4 Å². The number of benzene rings is 1. The zero-order valence-electron chi connectivity index (χ0n) is 15.5. The topological polar surface area (TPSA) is 94.0 Å². The number of amides is 1. The molecule has 0 bridgehead atoms. The number of rotatable bonds is 8. The van der Waals surface area contributed by atoms with Gasteiger partial charge >= 0.3 is 0 Å². The maximum atomic E-state index is 12.0. The van der Waals surface area contributed by atoms with Crippen LogP contribution in [0.2, 0.25) is 0 Å². The number of halogens is 1. The Kier molecular flexibility index (Phi) is 6.96. The Balaban J connectivity index is 2.02. The quantitative estimate of drug-likeness (QED) is 0.676. The van der Waals surface area contributed by atoms with Crippen molar-refractivity contribution in [2.75, 3.05) is 11.9 Å². The molecule has 1 heterocycles. The summed E-state index contributed by atoms with van der Waals surface area (Å²) < 4.78 is 8.36. The average molecular weight is 425 g/mol. The van der Waals surface area contributed by atoms with E-state index in [-0.39, 0.29) is 18.1 Å². The summed E-state index contributed by atoms with van der Waals surface area (Å²) in [7, 11) is 0. The lowest BCUT2D eigenvalue weighted by Gasteiger charge is -2.21. The third-order valence-electron chi connectivity index (χ3n) is 3.30. The molecule has 0 aliphatic rings. The standard InChI is InChI=1S/C17H25BrN6O2/c1-5-8-24-16(21-22-23-24)19-10-12-9-13(18)6-7-14(12)26-11-15(25)20-17(2,3)4/h6-7,9H,5,8,10-11H2,1-4H3,(H,20,25)(H,19,21,23). The summed E-state index contributed by atoms with van der Waals surface area (Å²) in [6, 6.07) is 5.65. The van der Waals surface area contributed by atoms with Crippen LogP contribution >= 0.6 is 15.9 Å². The molecule has 2 rings (SSSR count). The van der Waals surface area contributed by atoms with E-state index in [1.165, 1.54) is 0 Å². The minimum Gasteiger partial charge on any atom is -0.483 e. The number of hydrogen-bond acceptors (Lipinski definition) is 6. The third-order valence-corrected chi connectivity index (χ3v) is 3.79. The Morgan fingerprint density at radius 2 is 2.12 bits per heavy atom. The molecular weight excluding hydrogens is 400 g/mol. The van der Waals surface area contributed by atoms with Crippen molar-refractivity contribution < 1.29 is 9.53 Å². The van der Waals surface area contributed by atoms with Gasteiger partial charge in [-0.15, -0.1) is 0 Å². The molecule has 0 atom stereocenters. The summed E-state index contributed by atoms with van der Waals surface area (Å²) in [5, 5.41) is 17.7. The van der Waals surface area contributed by atoms with Crippen LogP contribution in [0.15, 0.2) is 22.7 Å². The smallest absolute Gasteiger partial charge is 0.258 e. The minimum atomic E-state index is -0.291. The van der Waals surface area contributed by atoms with E-state index in [4.69, 9.17) is 4.74 Å². The maximum Gasteiger partial charge on any atom is 0.258 e. The highest BCUT2D eigenvalue weighted by atomic mass is 79.9. The van der Waals surface area contributed by atoms with Gasteiger partial charge in [-0.3, -0.25) is 4.79 Å². The Morgan fingerprint density at radius 3 is 2.81 bits per heavy atom. The Morgan fingerprint density at radius 1 is 1.35 bits per heavy atom. The number of tetrazole rings is 1. The zero-order chi connectivity index (χ0) is 19.2. The first-order chi connectivity index (χ1) is 12.3.